The molecular formula is C60H42N2. The molecule has 0 amide bonds. The summed E-state index contributed by atoms with van der Waals surface area (Å²) >= 11 is 0. The van der Waals surface area contributed by atoms with Gasteiger partial charge in [0.2, 0.25) is 0 Å². The van der Waals surface area contributed by atoms with E-state index in [1.165, 1.54) is 65.7 Å². The summed E-state index contributed by atoms with van der Waals surface area (Å²) < 4.78 is 0. The molecule has 0 N–H and O–H groups in total. The van der Waals surface area contributed by atoms with Gasteiger partial charge in [-0.1, -0.05) is 188 Å². The van der Waals surface area contributed by atoms with Gasteiger partial charge < -0.3 is 9.80 Å². The third-order valence-electron chi connectivity index (χ3n) is 12.0. The summed E-state index contributed by atoms with van der Waals surface area (Å²) in [5.74, 6) is 0. The van der Waals surface area contributed by atoms with Crippen molar-refractivity contribution in [3.8, 4) is 33.4 Å². The molecule has 11 rings (SSSR count). The van der Waals surface area contributed by atoms with E-state index in [9.17, 15) is 0 Å². The number of hydrogen-bond donors (Lipinski definition) is 0. The quantitative estimate of drug-likeness (QED) is 0.134. The summed E-state index contributed by atoms with van der Waals surface area (Å²) in [6.45, 7) is 0. The van der Waals surface area contributed by atoms with E-state index >= 15 is 0 Å². The number of rotatable bonds is 9. The number of fused-ring (bicyclic) bond motifs is 3. The summed E-state index contributed by atoms with van der Waals surface area (Å²) in [5.41, 5.74) is 14.0. The van der Waals surface area contributed by atoms with Crippen LogP contribution >= 0.6 is 0 Å². The van der Waals surface area contributed by atoms with Crippen LogP contribution in [0.25, 0.3) is 65.7 Å². The van der Waals surface area contributed by atoms with Crippen LogP contribution in [-0.2, 0) is 0 Å². The standard InChI is InChI=1S/C60H42N2/c1-5-19-44(20-6-1)59-54-29-15-17-31-56(54)60(57-32-18-16-30-55(57)59)45-35-39-50(40-36-45)62(48-25-11-4-12-26-48)58-42-41-51(52-27-13-14-28-53(52)58)43-33-37-49(38-34-43)61(46-21-7-2-8-22-46)47-23-9-3-10-24-47/h1-42H. The lowest BCUT2D eigenvalue weighted by molar-refractivity contribution is 1.28. The lowest BCUT2D eigenvalue weighted by Crippen LogP contribution is -2.10. The average molecular weight is 791 g/mol. The van der Waals surface area contributed by atoms with E-state index in [1.54, 1.807) is 0 Å². The van der Waals surface area contributed by atoms with E-state index < -0.39 is 0 Å². The van der Waals surface area contributed by atoms with Crippen molar-refractivity contribution in [3.63, 3.8) is 0 Å². The smallest absolute Gasteiger partial charge is 0.0540 e. The molecule has 11 aromatic carbocycles. The molecular weight excluding hydrogens is 749 g/mol. The second-order valence-electron chi connectivity index (χ2n) is 15.7. The normalized spacial score (nSPS) is 11.2. The van der Waals surface area contributed by atoms with Gasteiger partial charge in [-0.25, -0.2) is 0 Å². The first-order valence-electron chi connectivity index (χ1n) is 21.3. The third kappa shape index (κ3) is 6.65. The second kappa shape index (κ2) is 16.1. The molecule has 0 aromatic heterocycles. The van der Waals surface area contributed by atoms with E-state index in [0.29, 0.717) is 0 Å². The van der Waals surface area contributed by atoms with Crippen LogP contribution in [0.1, 0.15) is 0 Å². The molecule has 0 unspecified atom stereocenters. The summed E-state index contributed by atoms with van der Waals surface area (Å²) in [5, 5.41) is 7.40. The van der Waals surface area contributed by atoms with Crippen molar-refractivity contribution in [2.24, 2.45) is 0 Å². The van der Waals surface area contributed by atoms with Crippen molar-refractivity contribution in [2.45, 2.75) is 0 Å². The van der Waals surface area contributed by atoms with E-state index in [4.69, 9.17) is 0 Å². The van der Waals surface area contributed by atoms with Gasteiger partial charge in [-0.2, -0.15) is 0 Å². The third-order valence-corrected chi connectivity index (χ3v) is 12.0. The Kier molecular flexibility index (Phi) is 9.57. The van der Waals surface area contributed by atoms with Gasteiger partial charge in [0.1, 0.15) is 0 Å². The largest absolute Gasteiger partial charge is 0.311 e. The molecule has 0 aliphatic heterocycles. The molecule has 0 aliphatic rings. The predicted octanol–water partition coefficient (Wildman–Crippen LogP) is 17.1. The Morgan fingerprint density at radius 3 is 0.984 bits per heavy atom. The highest BCUT2D eigenvalue weighted by atomic mass is 15.1. The highest BCUT2D eigenvalue weighted by Crippen LogP contribution is 2.46. The Morgan fingerprint density at radius 1 is 0.194 bits per heavy atom. The summed E-state index contributed by atoms with van der Waals surface area (Å²) in [6.07, 6.45) is 0. The monoisotopic (exact) mass is 790 g/mol. The number of hydrogen-bond acceptors (Lipinski definition) is 2. The maximum atomic E-state index is 2.39. The molecule has 0 radical (unpaired) electrons. The molecule has 2 heteroatoms. The van der Waals surface area contributed by atoms with Crippen LogP contribution in [-0.4, -0.2) is 0 Å². The van der Waals surface area contributed by atoms with E-state index in [2.05, 4.69) is 265 Å². The Hall–Kier alpha value is -8.20. The summed E-state index contributed by atoms with van der Waals surface area (Å²) in [4.78, 5) is 4.70. The minimum absolute atomic E-state index is 1.10. The lowest BCUT2D eigenvalue weighted by atomic mass is 9.86. The first-order chi connectivity index (χ1) is 30.8. The van der Waals surface area contributed by atoms with Crippen LogP contribution in [0.4, 0.5) is 34.1 Å². The Morgan fingerprint density at radius 2 is 0.516 bits per heavy atom. The van der Waals surface area contributed by atoms with E-state index in [1.807, 2.05) is 0 Å². The second-order valence-corrected chi connectivity index (χ2v) is 15.7. The molecule has 0 heterocycles. The van der Waals surface area contributed by atoms with Crippen LogP contribution in [0.3, 0.4) is 0 Å². The first-order valence-corrected chi connectivity index (χ1v) is 21.3. The maximum Gasteiger partial charge on any atom is 0.0540 e. The molecule has 0 atom stereocenters. The van der Waals surface area contributed by atoms with Gasteiger partial charge in [0.25, 0.3) is 0 Å². The fourth-order valence-electron chi connectivity index (χ4n) is 9.26. The van der Waals surface area contributed by atoms with Crippen LogP contribution in [0, 0.1) is 0 Å². The van der Waals surface area contributed by atoms with Gasteiger partial charge in [-0.15, -0.1) is 0 Å². The van der Waals surface area contributed by atoms with Crippen molar-refractivity contribution < 1.29 is 0 Å². The van der Waals surface area contributed by atoms with Crippen molar-refractivity contribution in [1.82, 2.24) is 0 Å². The zero-order valence-corrected chi connectivity index (χ0v) is 34.1. The van der Waals surface area contributed by atoms with Crippen LogP contribution in [0.15, 0.2) is 255 Å². The SMILES string of the molecule is c1ccc(-c2c3ccccc3c(-c3ccc(N(c4ccccc4)c4ccc(-c5ccc(N(c6ccccc6)c6ccccc6)cc5)c5ccccc45)cc3)c3ccccc23)cc1. The minimum atomic E-state index is 1.10. The molecule has 0 bridgehead atoms. The molecule has 0 fully saturated rings. The Labute approximate surface area is 362 Å². The zero-order chi connectivity index (χ0) is 41.2. The number of benzene rings is 11. The molecule has 0 aliphatic carbocycles. The highest BCUT2D eigenvalue weighted by molar-refractivity contribution is 6.21. The number of anilines is 6. The van der Waals surface area contributed by atoms with E-state index in [0.717, 1.165) is 34.1 Å². The maximum absolute atomic E-state index is 2.39. The molecule has 0 saturated carbocycles. The van der Waals surface area contributed by atoms with Crippen LogP contribution in [0.2, 0.25) is 0 Å². The molecule has 2 nitrogen and oxygen atoms in total. The van der Waals surface area contributed by atoms with Crippen molar-refractivity contribution >= 4 is 66.4 Å². The van der Waals surface area contributed by atoms with Gasteiger partial charge in [-0.3, -0.25) is 0 Å². The summed E-state index contributed by atoms with van der Waals surface area (Å²) in [7, 11) is 0. The molecule has 0 spiro atoms. The fraction of sp³-hybridized carbons (Fsp3) is 0. The average Bonchev–Trinajstić information content (AvgIpc) is 3.35. The predicted molar refractivity (Wildman–Crippen MR) is 265 cm³/mol. The highest BCUT2D eigenvalue weighted by Gasteiger charge is 2.20. The minimum Gasteiger partial charge on any atom is -0.311 e. The van der Waals surface area contributed by atoms with Gasteiger partial charge >= 0.3 is 0 Å². The van der Waals surface area contributed by atoms with Gasteiger partial charge in [0.05, 0.1) is 5.69 Å². The molecule has 62 heavy (non-hydrogen) atoms. The van der Waals surface area contributed by atoms with Gasteiger partial charge in [0.15, 0.2) is 0 Å². The lowest BCUT2D eigenvalue weighted by Gasteiger charge is -2.28. The van der Waals surface area contributed by atoms with Crippen molar-refractivity contribution in [1.29, 1.82) is 0 Å². The van der Waals surface area contributed by atoms with E-state index in [-0.39, 0.29) is 0 Å². The van der Waals surface area contributed by atoms with Gasteiger partial charge in [0, 0.05) is 33.8 Å². The molecule has 11 aromatic rings. The number of para-hydroxylation sites is 3. The Balaban J connectivity index is 1.01. The molecule has 292 valence electrons. The number of nitrogens with zero attached hydrogens (tertiary/aromatic N) is 2. The zero-order valence-electron chi connectivity index (χ0n) is 34.1. The Bertz CT molecular complexity index is 3210. The summed E-state index contributed by atoms with van der Waals surface area (Å²) in [6, 6.07) is 91.9. The van der Waals surface area contributed by atoms with Crippen molar-refractivity contribution in [3.05, 3.63) is 255 Å². The van der Waals surface area contributed by atoms with Crippen LogP contribution in [0.5, 0.6) is 0 Å². The molecule has 0 saturated heterocycles. The first kappa shape index (κ1) is 36.8. The van der Waals surface area contributed by atoms with Crippen LogP contribution < -0.4 is 9.80 Å². The topological polar surface area (TPSA) is 6.48 Å². The van der Waals surface area contributed by atoms with Gasteiger partial charge in [-0.05, 0) is 127 Å². The van der Waals surface area contributed by atoms with Crippen molar-refractivity contribution in [2.75, 3.05) is 9.80 Å². The fourth-order valence-corrected chi connectivity index (χ4v) is 9.26.